The molecule has 0 aliphatic carbocycles. The number of halogens is 1. The summed E-state index contributed by atoms with van der Waals surface area (Å²) in [7, 11) is 0. The molecule has 10 nitrogen and oxygen atoms in total. The molecule has 1 heterocycles. The van der Waals surface area contributed by atoms with E-state index in [0.717, 1.165) is 11.3 Å². The van der Waals surface area contributed by atoms with E-state index in [0.29, 0.717) is 17.3 Å². The lowest BCUT2D eigenvalue weighted by Gasteiger charge is -2.26. The lowest BCUT2D eigenvalue weighted by Crippen LogP contribution is -2.56. The Morgan fingerprint density at radius 2 is 2.00 bits per heavy atom. The number of carboxylic acid groups (broad SMARTS) is 1. The predicted molar refractivity (Wildman–Crippen MR) is 125 cm³/mol. The number of alkyl halides is 1. The Morgan fingerprint density at radius 1 is 1.33 bits per heavy atom. The number of esters is 1. The lowest BCUT2D eigenvalue weighted by atomic mass is 10.0. The molecule has 0 saturated carbocycles. The zero-order chi connectivity index (χ0) is 25.2. The van der Waals surface area contributed by atoms with Gasteiger partial charge in [-0.2, -0.15) is 0 Å². The molecule has 1 aromatic heterocycles. The summed E-state index contributed by atoms with van der Waals surface area (Å²) in [5.74, 6) is -2.70. The average molecular weight is 503 g/mol. The summed E-state index contributed by atoms with van der Waals surface area (Å²) >= 11 is 6.79. The molecule has 0 spiro atoms. The number of carbonyl (C=O) groups is 4. The summed E-state index contributed by atoms with van der Waals surface area (Å²) in [5.41, 5.74) is 4.53. The Morgan fingerprint density at radius 3 is 2.52 bits per heavy atom. The van der Waals surface area contributed by atoms with Gasteiger partial charge in [-0.05, 0) is 32.3 Å². The van der Waals surface area contributed by atoms with Gasteiger partial charge in [0.1, 0.15) is 17.2 Å². The standard InChI is InChI=1S/C21H31ClN4O6S/c1-12(2)17(26-20(31)21(3,4)23)19(30)32-13(7-5-6-8-22)9-15(27)24-10-16-25-14(11-33-16)18(28)29/h5,7,11-13,17H,6,8-10,23H2,1-4H3,(H,24,27)(H,26,31)(H,28,29)/b7-5+/t13-,17+/m1/s1. The second-order valence-corrected chi connectivity index (χ2v) is 9.53. The molecule has 0 aliphatic heterocycles. The first kappa shape index (κ1) is 28.5. The Bertz CT molecular complexity index is 865. The number of allylic oxidation sites excluding steroid dienone is 1. The fourth-order valence-corrected chi connectivity index (χ4v) is 3.26. The molecule has 0 aliphatic rings. The molecule has 2 atom stereocenters. The van der Waals surface area contributed by atoms with Crippen LogP contribution >= 0.6 is 22.9 Å². The van der Waals surface area contributed by atoms with Crippen LogP contribution in [-0.2, 0) is 25.7 Å². The van der Waals surface area contributed by atoms with Gasteiger partial charge in [0.15, 0.2) is 5.69 Å². The maximum absolute atomic E-state index is 12.8. The van der Waals surface area contributed by atoms with E-state index in [9.17, 15) is 19.2 Å². The van der Waals surface area contributed by atoms with Crippen molar-refractivity contribution in [1.29, 1.82) is 0 Å². The first-order chi connectivity index (χ1) is 15.3. The molecule has 12 heteroatoms. The van der Waals surface area contributed by atoms with Crippen LogP contribution in [0.3, 0.4) is 0 Å². The largest absolute Gasteiger partial charge is 0.476 e. The minimum atomic E-state index is -1.18. The minimum absolute atomic E-state index is 0.0408. The summed E-state index contributed by atoms with van der Waals surface area (Å²) < 4.78 is 5.52. The smallest absolute Gasteiger partial charge is 0.355 e. The number of hydrogen-bond acceptors (Lipinski definition) is 8. The third-order valence-corrected chi connectivity index (χ3v) is 5.35. The maximum Gasteiger partial charge on any atom is 0.355 e. The second kappa shape index (κ2) is 13.3. The molecule has 2 amide bonds. The summed E-state index contributed by atoms with van der Waals surface area (Å²) in [6.07, 6.45) is 2.71. The minimum Gasteiger partial charge on any atom is -0.476 e. The SMILES string of the molecule is CC(C)[C@H](NC(=O)C(C)(C)N)C(=O)O[C@H](/C=C/CCCl)CC(=O)NCc1nc(C(=O)O)cs1. The Hall–Kier alpha value is -2.50. The molecule has 33 heavy (non-hydrogen) atoms. The number of rotatable bonds is 13. The van der Waals surface area contributed by atoms with E-state index in [1.54, 1.807) is 26.0 Å². The van der Waals surface area contributed by atoms with Crippen LogP contribution in [0.5, 0.6) is 0 Å². The van der Waals surface area contributed by atoms with Crippen LogP contribution in [0, 0.1) is 5.92 Å². The maximum atomic E-state index is 12.8. The quantitative estimate of drug-likeness (QED) is 0.180. The van der Waals surface area contributed by atoms with Crippen molar-refractivity contribution in [1.82, 2.24) is 15.6 Å². The molecule has 184 valence electrons. The number of nitrogens with one attached hydrogen (secondary N) is 2. The van der Waals surface area contributed by atoms with Gasteiger partial charge >= 0.3 is 11.9 Å². The van der Waals surface area contributed by atoms with Gasteiger partial charge in [0, 0.05) is 11.3 Å². The fourth-order valence-electron chi connectivity index (χ4n) is 2.43. The van der Waals surface area contributed by atoms with Crippen LogP contribution in [0.2, 0.25) is 0 Å². The van der Waals surface area contributed by atoms with Crippen LogP contribution in [0.25, 0.3) is 0 Å². The van der Waals surface area contributed by atoms with E-state index in [1.165, 1.54) is 19.2 Å². The van der Waals surface area contributed by atoms with E-state index in [2.05, 4.69) is 15.6 Å². The highest BCUT2D eigenvalue weighted by Gasteiger charge is 2.32. The molecule has 0 saturated heterocycles. The second-order valence-electron chi connectivity index (χ2n) is 8.21. The van der Waals surface area contributed by atoms with Gasteiger partial charge in [-0.1, -0.05) is 19.9 Å². The molecule has 1 aromatic rings. The first-order valence-corrected chi connectivity index (χ1v) is 11.7. The van der Waals surface area contributed by atoms with E-state index < -0.39 is 41.4 Å². The fraction of sp³-hybridized carbons (Fsp3) is 0.571. The van der Waals surface area contributed by atoms with Crippen molar-refractivity contribution >= 4 is 46.7 Å². The number of nitrogens with two attached hydrogens (primary N) is 1. The van der Waals surface area contributed by atoms with Gasteiger partial charge in [-0.15, -0.1) is 22.9 Å². The number of hydrogen-bond donors (Lipinski definition) is 4. The van der Waals surface area contributed by atoms with Gasteiger partial charge < -0.3 is 26.2 Å². The summed E-state index contributed by atoms with van der Waals surface area (Å²) in [6, 6.07) is -0.947. The van der Waals surface area contributed by atoms with E-state index in [1.807, 2.05) is 0 Å². The average Bonchev–Trinajstić information content (AvgIpc) is 3.18. The number of carbonyl (C=O) groups excluding carboxylic acids is 3. The van der Waals surface area contributed by atoms with Crippen LogP contribution < -0.4 is 16.4 Å². The molecular weight excluding hydrogens is 472 g/mol. The van der Waals surface area contributed by atoms with Crippen LogP contribution in [0.1, 0.15) is 56.0 Å². The van der Waals surface area contributed by atoms with E-state index in [4.69, 9.17) is 27.2 Å². The van der Waals surface area contributed by atoms with Crippen molar-refractivity contribution < 1.29 is 29.0 Å². The highest BCUT2D eigenvalue weighted by atomic mass is 35.5. The molecule has 0 radical (unpaired) electrons. The monoisotopic (exact) mass is 502 g/mol. The molecule has 0 unspecified atom stereocenters. The van der Waals surface area contributed by atoms with E-state index in [-0.39, 0.29) is 24.6 Å². The zero-order valence-electron chi connectivity index (χ0n) is 19.1. The van der Waals surface area contributed by atoms with Crippen molar-refractivity contribution in [3.05, 3.63) is 28.2 Å². The number of aromatic nitrogens is 1. The van der Waals surface area contributed by atoms with Gasteiger partial charge in [0.25, 0.3) is 0 Å². The zero-order valence-corrected chi connectivity index (χ0v) is 20.7. The normalized spacial score (nSPS) is 13.5. The lowest BCUT2D eigenvalue weighted by molar-refractivity contribution is -0.153. The highest BCUT2D eigenvalue weighted by molar-refractivity contribution is 7.09. The summed E-state index contributed by atoms with van der Waals surface area (Å²) in [5, 5.41) is 16.0. The van der Waals surface area contributed by atoms with Crippen molar-refractivity contribution in [3.8, 4) is 0 Å². The molecular formula is C21H31ClN4O6S. The van der Waals surface area contributed by atoms with Crippen LogP contribution in [0.15, 0.2) is 17.5 Å². The summed E-state index contributed by atoms with van der Waals surface area (Å²) in [4.78, 5) is 52.2. The third-order valence-electron chi connectivity index (χ3n) is 4.28. The van der Waals surface area contributed by atoms with Gasteiger partial charge in [-0.3, -0.25) is 9.59 Å². The molecule has 0 aromatic carbocycles. The van der Waals surface area contributed by atoms with Gasteiger partial charge in [-0.25, -0.2) is 14.6 Å². The van der Waals surface area contributed by atoms with Crippen LogP contribution in [-0.4, -0.2) is 57.4 Å². The molecule has 0 bridgehead atoms. The Kier molecular flexibility index (Phi) is 11.5. The molecule has 0 fully saturated rings. The van der Waals surface area contributed by atoms with Crippen molar-refractivity contribution in [2.75, 3.05) is 5.88 Å². The Balaban J connectivity index is 2.81. The van der Waals surface area contributed by atoms with Crippen LogP contribution in [0.4, 0.5) is 0 Å². The molecule has 5 N–H and O–H groups in total. The summed E-state index contributed by atoms with van der Waals surface area (Å²) in [6.45, 7) is 6.59. The number of thiazole rings is 1. The Labute approximate surface area is 201 Å². The highest BCUT2D eigenvalue weighted by Crippen LogP contribution is 2.12. The third kappa shape index (κ3) is 10.3. The number of nitrogens with zero attached hydrogens (tertiary/aromatic N) is 1. The molecule has 1 rings (SSSR count). The van der Waals surface area contributed by atoms with E-state index >= 15 is 0 Å². The van der Waals surface area contributed by atoms with Gasteiger partial charge in [0.05, 0.1) is 18.5 Å². The van der Waals surface area contributed by atoms with Gasteiger partial charge in [0.2, 0.25) is 11.8 Å². The predicted octanol–water partition coefficient (Wildman–Crippen LogP) is 1.82. The van der Waals surface area contributed by atoms with Crippen molar-refractivity contribution in [2.45, 2.75) is 64.8 Å². The number of carboxylic acids is 1. The first-order valence-electron chi connectivity index (χ1n) is 10.3. The number of ether oxygens (including phenoxy) is 1. The topological polar surface area (TPSA) is 161 Å². The van der Waals surface area contributed by atoms with Crippen molar-refractivity contribution in [2.24, 2.45) is 11.7 Å². The van der Waals surface area contributed by atoms with Crippen molar-refractivity contribution in [3.63, 3.8) is 0 Å². The number of amides is 2. The number of aromatic carboxylic acids is 1.